The molecule has 8 heteroatoms. The highest BCUT2D eigenvalue weighted by Crippen LogP contribution is 2.23. The number of carboxylic acid groups (broad SMARTS) is 1. The van der Waals surface area contributed by atoms with Crippen molar-refractivity contribution in [3.8, 4) is 0 Å². The number of aromatic nitrogens is 3. The minimum atomic E-state index is -1.16. The molecule has 0 atom stereocenters. The third kappa shape index (κ3) is 3.10. The summed E-state index contributed by atoms with van der Waals surface area (Å²) >= 11 is 0. The Morgan fingerprint density at radius 1 is 1.22 bits per heavy atom. The van der Waals surface area contributed by atoms with Crippen LogP contribution in [0.15, 0.2) is 42.7 Å². The minimum absolute atomic E-state index is 0.0605. The number of pyridine rings is 1. The molecule has 0 aliphatic heterocycles. The van der Waals surface area contributed by atoms with Crippen LogP contribution in [0.3, 0.4) is 0 Å². The van der Waals surface area contributed by atoms with Crippen molar-refractivity contribution in [3.63, 3.8) is 0 Å². The Morgan fingerprint density at radius 2 is 2.00 bits per heavy atom. The number of rotatable bonds is 4. The average molecular weight is 312 g/mol. The number of nitrogens with zero attached hydrogens (tertiary/aromatic N) is 2. The number of aromatic carboxylic acids is 1. The summed E-state index contributed by atoms with van der Waals surface area (Å²) < 4.78 is 5.08. The second-order valence-electron chi connectivity index (χ2n) is 4.67. The van der Waals surface area contributed by atoms with E-state index in [1.165, 1.54) is 12.4 Å². The van der Waals surface area contributed by atoms with Crippen molar-refractivity contribution in [3.05, 3.63) is 53.9 Å². The van der Waals surface area contributed by atoms with E-state index in [-0.39, 0.29) is 23.4 Å². The first-order chi connectivity index (χ1) is 11.1. The summed E-state index contributed by atoms with van der Waals surface area (Å²) in [5.74, 6) is -1.08. The Kier molecular flexibility index (Phi) is 3.88. The van der Waals surface area contributed by atoms with Gasteiger partial charge >= 0.3 is 12.1 Å². The van der Waals surface area contributed by atoms with E-state index in [4.69, 9.17) is 4.74 Å². The minimum Gasteiger partial charge on any atom is -0.478 e. The van der Waals surface area contributed by atoms with Crippen molar-refractivity contribution < 1.29 is 19.4 Å². The van der Waals surface area contributed by atoms with Gasteiger partial charge in [-0.3, -0.25) is 15.4 Å². The van der Waals surface area contributed by atoms with Crippen molar-refractivity contribution in [2.24, 2.45) is 0 Å². The number of benzene rings is 1. The first-order valence-corrected chi connectivity index (χ1v) is 6.68. The molecule has 0 saturated heterocycles. The van der Waals surface area contributed by atoms with E-state index in [1.807, 2.05) is 30.3 Å². The monoisotopic (exact) mass is 312 g/mol. The fraction of sp³-hybridized carbons (Fsp3) is 0.0667. The summed E-state index contributed by atoms with van der Waals surface area (Å²) in [4.78, 5) is 26.9. The zero-order valence-corrected chi connectivity index (χ0v) is 11.8. The molecule has 0 aliphatic rings. The van der Waals surface area contributed by atoms with Gasteiger partial charge in [-0.05, 0) is 5.56 Å². The molecule has 0 unspecified atom stereocenters. The number of carbonyl (C=O) groups excluding carboxylic acids is 1. The maximum atomic E-state index is 11.9. The smallest absolute Gasteiger partial charge is 0.413 e. The molecule has 0 radical (unpaired) electrons. The molecule has 2 heterocycles. The van der Waals surface area contributed by atoms with Crippen LogP contribution < -0.4 is 5.32 Å². The molecule has 1 amide bonds. The molecule has 1 aromatic carbocycles. The van der Waals surface area contributed by atoms with Gasteiger partial charge in [0, 0.05) is 6.20 Å². The molecule has 23 heavy (non-hydrogen) atoms. The second kappa shape index (κ2) is 6.14. The van der Waals surface area contributed by atoms with E-state index in [9.17, 15) is 14.7 Å². The Balaban J connectivity index is 1.76. The summed E-state index contributed by atoms with van der Waals surface area (Å²) in [7, 11) is 0. The van der Waals surface area contributed by atoms with Gasteiger partial charge in [0.25, 0.3) is 0 Å². The van der Waals surface area contributed by atoms with Crippen LogP contribution in [0.4, 0.5) is 10.6 Å². The van der Waals surface area contributed by atoms with Crippen LogP contribution in [0.25, 0.3) is 10.9 Å². The number of fused-ring (bicyclic) bond motifs is 1. The molecular weight excluding hydrogens is 300 g/mol. The lowest BCUT2D eigenvalue weighted by molar-refractivity contribution is 0.0698. The number of hydrogen-bond acceptors (Lipinski definition) is 5. The lowest BCUT2D eigenvalue weighted by atomic mass is 10.2. The Hall–Kier alpha value is -3.42. The van der Waals surface area contributed by atoms with Gasteiger partial charge in [0.1, 0.15) is 6.61 Å². The Labute approximate surface area is 130 Å². The molecule has 3 aromatic rings. The van der Waals surface area contributed by atoms with Crippen molar-refractivity contribution >= 4 is 28.8 Å². The zero-order chi connectivity index (χ0) is 16.2. The maximum absolute atomic E-state index is 11.9. The molecule has 2 aromatic heterocycles. The first kappa shape index (κ1) is 14.5. The van der Waals surface area contributed by atoms with Gasteiger partial charge in [-0.15, -0.1) is 0 Å². The van der Waals surface area contributed by atoms with Gasteiger partial charge in [-0.2, -0.15) is 5.10 Å². The van der Waals surface area contributed by atoms with Gasteiger partial charge in [0.05, 0.1) is 22.7 Å². The quantitative estimate of drug-likeness (QED) is 0.681. The summed E-state index contributed by atoms with van der Waals surface area (Å²) in [5.41, 5.74) is 1.18. The van der Waals surface area contributed by atoms with Gasteiger partial charge in [0.2, 0.25) is 0 Å². The number of hydrogen-bond donors (Lipinski definition) is 3. The lowest BCUT2D eigenvalue weighted by Gasteiger charge is -2.06. The van der Waals surface area contributed by atoms with Crippen molar-refractivity contribution in [1.29, 1.82) is 0 Å². The highest BCUT2D eigenvalue weighted by Gasteiger charge is 2.17. The van der Waals surface area contributed by atoms with Crippen molar-refractivity contribution in [1.82, 2.24) is 15.2 Å². The summed E-state index contributed by atoms with van der Waals surface area (Å²) in [5, 5.41) is 18.4. The summed E-state index contributed by atoms with van der Waals surface area (Å²) in [6.07, 6.45) is 1.89. The lowest BCUT2D eigenvalue weighted by Crippen LogP contribution is -2.14. The topological polar surface area (TPSA) is 117 Å². The number of anilines is 1. The normalized spacial score (nSPS) is 10.4. The van der Waals surface area contributed by atoms with Gasteiger partial charge in [-0.25, -0.2) is 9.59 Å². The fourth-order valence-corrected chi connectivity index (χ4v) is 2.08. The average Bonchev–Trinajstić information content (AvgIpc) is 2.97. The highest BCUT2D eigenvalue weighted by molar-refractivity contribution is 6.08. The van der Waals surface area contributed by atoms with Crippen LogP contribution in [0, 0.1) is 0 Å². The van der Waals surface area contributed by atoms with Crippen LogP contribution in [0.2, 0.25) is 0 Å². The van der Waals surface area contributed by atoms with Crippen molar-refractivity contribution in [2.45, 2.75) is 6.61 Å². The third-order valence-electron chi connectivity index (χ3n) is 3.13. The molecule has 3 rings (SSSR count). The van der Waals surface area contributed by atoms with E-state index >= 15 is 0 Å². The van der Waals surface area contributed by atoms with Crippen LogP contribution >= 0.6 is 0 Å². The fourth-order valence-electron chi connectivity index (χ4n) is 2.08. The Morgan fingerprint density at radius 3 is 2.74 bits per heavy atom. The number of ether oxygens (including phenoxy) is 1. The maximum Gasteiger partial charge on any atom is 0.413 e. The van der Waals surface area contributed by atoms with E-state index in [0.717, 1.165) is 5.56 Å². The molecule has 0 spiro atoms. The molecule has 8 nitrogen and oxygen atoms in total. The highest BCUT2D eigenvalue weighted by atomic mass is 16.5. The third-order valence-corrected chi connectivity index (χ3v) is 3.13. The van der Waals surface area contributed by atoms with E-state index in [0.29, 0.717) is 5.52 Å². The molecule has 0 fully saturated rings. The number of H-pyrrole nitrogens is 1. The van der Waals surface area contributed by atoms with E-state index in [2.05, 4.69) is 20.5 Å². The van der Waals surface area contributed by atoms with Crippen molar-refractivity contribution in [2.75, 3.05) is 5.32 Å². The number of nitrogens with one attached hydrogen (secondary N) is 2. The molecular formula is C15H12N4O4. The zero-order valence-electron chi connectivity index (χ0n) is 11.8. The predicted molar refractivity (Wildman–Crippen MR) is 81.1 cm³/mol. The number of aromatic amines is 1. The molecule has 0 saturated carbocycles. The molecule has 116 valence electrons. The van der Waals surface area contributed by atoms with Gasteiger partial charge in [-0.1, -0.05) is 30.3 Å². The summed E-state index contributed by atoms with van der Waals surface area (Å²) in [6.45, 7) is 0.0996. The van der Waals surface area contributed by atoms with Crippen LogP contribution in [-0.2, 0) is 11.3 Å². The standard InChI is InChI=1S/C15H12N4O4/c20-14(21)10-6-16-7-11-12(10)13(19-18-11)17-15(22)23-8-9-4-2-1-3-5-9/h1-7H,8H2,(H,20,21)(H2,17,18,19,22). The largest absolute Gasteiger partial charge is 0.478 e. The van der Waals surface area contributed by atoms with E-state index in [1.54, 1.807) is 0 Å². The number of carboxylic acids is 1. The van der Waals surface area contributed by atoms with Gasteiger partial charge in [0.15, 0.2) is 5.82 Å². The summed E-state index contributed by atoms with van der Waals surface area (Å²) in [6, 6.07) is 9.19. The SMILES string of the molecule is O=C(Nc1n[nH]c2cncc(C(=O)O)c12)OCc1ccccc1. The molecule has 3 N–H and O–H groups in total. The first-order valence-electron chi connectivity index (χ1n) is 6.68. The van der Waals surface area contributed by atoms with Crippen LogP contribution in [-0.4, -0.2) is 32.4 Å². The molecule has 0 aliphatic carbocycles. The predicted octanol–water partition coefficient (Wildman–Crippen LogP) is 2.40. The van der Waals surface area contributed by atoms with Gasteiger partial charge < -0.3 is 9.84 Å². The molecule has 0 bridgehead atoms. The second-order valence-corrected chi connectivity index (χ2v) is 4.67. The van der Waals surface area contributed by atoms with Crippen LogP contribution in [0.5, 0.6) is 0 Å². The number of carbonyl (C=O) groups is 2. The van der Waals surface area contributed by atoms with E-state index < -0.39 is 12.1 Å². The van der Waals surface area contributed by atoms with Crippen LogP contribution in [0.1, 0.15) is 15.9 Å². The number of amides is 1. The Bertz CT molecular complexity index is 860.